The number of halogens is 1. The van der Waals surface area contributed by atoms with E-state index < -0.39 is 0 Å². The number of aromatic nitrogens is 1. The zero-order valence-electron chi connectivity index (χ0n) is 6.29. The van der Waals surface area contributed by atoms with Crippen molar-refractivity contribution in [3.05, 3.63) is 17.1 Å². The Morgan fingerprint density at radius 1 is 1.82 bits per heavy atom. The Bertz CT molecular complexity index is 190. The van der Waals surface area contributed by atoms with Crippen LogP contribution in [0.25, 0.3) is 0 Å². The topological polar surface area (TPSA) is 22.1 Å². The molecule has 0 N–H and O–H groups in total. The van der Waals surface area contributed by atoms with E-state index in [0.29, 0.717) is 13.2 Å². The monoisotopic (exact) mass is 191 g/mol. The van der Waals surface area contributed by atoms with Crippen molar-refractivity contribution < 1.29 is 4.74 Å². The Kier molecular flexibility index (Phi) is 3.83. The highest BCUT2D eigenvalue weighted by molar-refractivity contribution is 7.03. The van der Waals surface area contributed by atoms with Crippen molar-refractivity contribution in [3.8, 4) is 0 Å². The zero-order valence-corrected chi connectivity index (χ0v) is 7.86. The Morgan fingerprint density at radius 2 is 2.64 bits per heavy atom. The molecule has 0 bridgehead atoms. The van der Waals surface area contributed by atoms with Gasteiger partial charge in [-0.1, -0.05) is 0 Å². The van der Waals surface area contributed by atoms with Gasteiger partial charge in [-0.25, -0.2) is 0 Å². The molecule has 0 aliphatic heterocycles. The van der Waals surface area contributed by atoms with Gasteiger partial charge in [0.25, 0.3) is 0 Å². The first kappa shape index (κ1) is 8.97. The van der Waals surface area contributed by atoms with E-state index in [0.717, 1.165) is 5.69 Å². The molecule has 1 rings (SSSR count). The standard InChI is InChI=1S/C7H10ClNOS/c1-2-10-5-6(8)7-3-4-11-9-7/h3-4,6H,2,5H2,1H3. The molecule has 0 aromatic carbocycles. The van der Waals surface area contributed by atoms with Crippen LogP contribution in [-0.2, 0) is 4.74 Å². The van der Waals surface area contributed by atoms with Crippen molar-refractivity contribution in [2.45, 2.75) is 12.3 Å². The third-order valence-electron chi connectivity index (χ3n) is 1.25. The molecule has 11 heavy (non-hydrogen) atoms. The zero-order chi connectivity index (χ0) is 8.10. The van der Waals surface area contributed by atoms with E-state index >= 15 is 0 Å². The van der Waals surface area contributed by atoms with Gasteiger partial charge in [0.2, 0.25) is 0 Å². The fraction of sp³-hybridized carbons (Fsp3) is 0.571. The van der Waals surface area contributed by atoms with Gasteiger partial charge in [-0.05, 0) is 24.5 Å². The van der Waals surface area contributed by atoms with Gasteiger partial charge in [0.05, 0.1) is 12.3 Å². The van der Waals surface area contributed by atoms with Crippen LogP contribution in [0.2, 0.25) is 0 Å². The van der Waals surface area contributed by atoms with Gasteiger partial charge < -0.3 is 4.74 Å². The van der Waals surface area contributed by atoms with E-state index in [1.807, 2.05) is 18.4 Å². The molecular formula is C7H10ClNOS. The highest BCUT2D eigenvalue weighted by atomic mass is 35.5. The SMILES string of the molecule is CCOCC(Cl)c1ccsn1. The second-order valence-electron chi connectivity index (χ2n) is 2.05. The fourth-order valence-corrected chi connectivity index (χ4v) is 1.53. The van der Waals surface area contributed by atoms with Crippen molar-refractivity contribution in [1.82, 2.24) is 4.37 Å². The second kappa shape index (κ2) is 4.70. The van der Waals surface area contributed by atoms with Crippen molar-refractivity contribution in [3.63, 3.8) is 0 Å². The first-order chi connectivity index (χ1) is 5.34. The van der Waals surface area contributed by atoms with E-state index in [9.17, 15) is 0 Å². The van der Waals surface area contributed by atoms with Crippen LogP contribution in [0.5, 0.6) is 0 Å². The van der Waals surface area contributed by atoms with E-state index in [-0.39, 0.29) is 5.38 Å². The molecule has 62 valence electrons. The predicted molar refractivity (Wildman–Crippen MR) is 47.2 cm³/mol. The van der Waals surface area contributed by atoms with Gasteiger partial charge in [0, 0.05) is 12.0 Å². The average molecular weight is 192 g/mol. The smallest absolute Gasteiger partial charge is 0.100 e. The summed E-state index contributed by atoms with van der Waals surface area (Å²) in [6.07, 6.45) is 0. The van der Waals surface area contributed by atoms with Gasteiger partial charge in [0.15, 0.2) is 0 Å². The Hall–Kier alpha value is -0.120. The summed E-state index contributed by atoms with van der Waals surface area (Å²) in [5.41, 5.74) is 0.908. The van der Waals surface area contributed by atoms with Crippen LogP contribution in [0, 0.1) is 0 Å². The largest absolute Gasteiger partial charge is 0.380 e. The molecule has 1 aromatic rings. The van der Waals surface area contributed by atoms with E-state index in [2.05, 4.69) is 4.37 Å². The van der Waals surface area contributed by atoms with Crippen LogP contribution in [-0.4, -0.2) is 17.6 Å². The molecule has 4 heteroatoms. The van der Waals surface area contributed by atoms with E-state index in [1.54, 1.807) is 0 Å². The lowest BCUT2D eigenvalue weighted by Crippen LogP contribution is -2.01. The van der Waals surface area contributed by atoms with Crippen molar-refractivity contribution in [2.24, 2.45) is 0 Å². The number of nitrogens with zero attached hydrogens (tertiary/aromatic N) is 1. The molecule has 0 saturated carbocycles. The molecule has 1 atom stereocenters. The Morgan fingerprint density at radius 3 is 3.18 bits per heavy atom. The molecule has 0 aliphatic carbocycles. The third kappa shape index (κ3) is 2.77. The van der Waals surface area contributed by atoms with Crippen LogP contribution in [0.15, 0.2) is 11.4 Å². The molecule has 1 heterocycles. The molecular weight excluding hydrogens is 182 g/mol. The normalized spacial score (nSPS) is 13.3. The number of hydrogen-bond donors (Lipinski definition) is 0. The Balaban J connectivity index is 2.36. The quantitative estimate of drug-likeness (QED) is 0.683. The van der Waals surface area contributed by atoms with Gasteiger partial charge in [-0.15, -0.1) is 11.6 Å². The maximum Gasteiger partial charge on any atom is 0.100 e. The third-order valence-corrected chi connectivity index (χ3v) is 2.17. The van der Waals surface area contributed by atoms with Crippen LogP contribution in [0.1, 0.15) is 18.0 Å². The summed E-state index contributed by atoms with van der Waals surface area (Å²) in [5.74, 6) is 0. The molecule has 0 amide bonds. The van der Waals surface area contributed by atoms with Gasteiger partial charge in [-0.3, -0.25) is 0 Å². The average Bonchev–Trinajstić information content (AvgIpc) is 2.52. The van der Waals surface area contributed by atoms with Crippen LogP contribution in [0.3, 0.4) is 0 Å². The van der Waals surface area contributed by atoms with Crippen LogP contribution >= 0.6 is 23.1 Å². The van der Waals surface area contributed by atoms with Crippen molar-refractivity contribution in [1.29, 1.82) is 0 Å². The molecule has 0 fully saturated rings. The van der Waals surface area contributed by atoms with Crippen molar-refractivity contribution >= 4 is 23.1 Å². The maximum absolute atomic E-state index is 5.95. The molecule has 2 nitrogen and oxygen atoms in total. The van der Waals surface area contributed by atoms with Gasteiger partial charge >= 0.3 is 0 Å². The number of hydrogen-bond acceptors (Lipinski definition) is 3. The Labute approximate surface area is 75.3 Å². The van der Waals surface area contributed by atoms with Crippen molar-refractivity contribution in [2.75, 3.05) is 13.2 Å². The first-order valence-corrected chi connectivity index (χ1v) is 4.74. The first-order valence-electron chi connectivity index (χ1n) is 3.46. The summed E-state index contributed by atoms with van der Waals surface area (Å²) >= 11 is 7.36. The van der Waals surface area contributed by atoms with Gasteiger partial charge in [0.1, 0.15) is 5.38 Å². The maximum atomic E-state index is 5.95. The molecule has 1 unspecified atom stereocenters. The number of ether oxygens (including phenoxy) is 1. The minimum absolute atomic E-state index is 0.0961. The molecule has 0 saturated heterocycles. The lowest BCUT2D eigenvalue weighted by molar-refractivity contribution is 0.147. The minimum atomic E-state index is -0.0961. The molecule has 0 spiro atoms. The predicted octanol–water partition coefficient (Wildman–Crippen LogP) is 2.46. The van der Waals surface area contributed by atoms with Gasteiger partial charge in [-0.2, -0.15) is 4.37 Å². The summed E-state index contributed by atoms with van der Waals surface area (Å²) in [7, 11) is 0. The summed E-state index contributed by atoms with van der Waals surface area (Å²) in [5, 5.41) is 1.82. The summed E-state index contributed by atoms with van der Waals surface area (Å²) in [6, 6.07) is 1.92. The van der Waals surface area contributed by atoms with Crippen LogP contribution in [0.4, 0.5) is 0 Å². The van der Waals surface area contributed by atoms with E-state index in [1.165, 1.54) is 11.5 Å². The van der Waals surface area contributed by atoms with Crippen LogP contribution < -0.4 is 0 Å². The molecule has 0 aliphatic rings. The van der Waals surface area contributed by atoms with E-state index in [4.69, 9.17) is 16.3 Å². The highest BCUT2D eigenvalue weighted by Gasteiger charge is 2.08. The highest BCUT2D eigenvalue weighted by Crippen LogP contribution is 2.19. The number of rotatable bonds is 4. The lowest BCUT2D eigenvalue weighted by Gasteiger charge is -2.04. The fourth-order valence-electron chi connectivity index (χ4n) is 0.690. The minimum Gasteiger partial charge on any atom is -0.380 e. The molecule has 0 radical (unpaired) electrons. The summed E-state index contributed by atoms with van der Waals surface area (Å²) in [6.45, 7) is 3.19. The summed E-state index contributed by atoms with van der Waals surface area (Å²) < 4.78 is 9.25. The molecule has 1 aromatic heterocycles. The summed E-state index contributed by atoms with van der Waals surface area (Å²) in [4.78, 5) is 0. The number of alkyl halides is 1. The lowest BCUT2D eigenvalue weighted by atomic mass is 10.3. The second-order valence-corrected chi connectivity index (χ2v) is 3.24.